The maximum atomic E-state index is 14.0. The van der Waals surface area contributed by atoms with Gasteiger partial charge in [0.2, 0.25) is 0 Å². The smallest absolute Gasteiger partial charge is 0.255 e. The number of hydrogen-bond acceptors (Lipinski definition) is 2. The van der Waals surface area contributed by atoms with E-state index in [0.29, 0.717) is 21.4 Å². The number of carbonyl (C=O) groups excluding carboxylic acids is 1. The lowest BCUT2D eigenvalue weighted by atomic mass is 9.83. The van der Waals surface area contributed by atoms with Crippen molar-refractivity contribution >= 4 is 35.0 Å². The SMILES string of the molecule is CCC1CC(Sc2cc(C(=O)Nc3ccc(F)c(Cl)c3)ccc2F)C1. The van der Waals surface area contributed by atoms with E-state index in [1.807, 2.05) is 0 Å². The van der Waals surface area contributed by atoms with Crippen molar-refractivity contribution in [3.05, 3.63) is 58.6 Å². The lowest BCUT2D eigenvalue weighted by Crippen LogP contribution is -2.25. The summed E-state index contributed by atoms with van der Waals surface area (Å²) in [5.41, 5.74) is 0.746. The number of benzene rings is 2. The number of hydrogen-bond donors (Lipinski definition) is 1. The van der Waals surface area contributed by atoms with Crippen LogP contribution >= 0.6 is 23.4 Å². The molecule has 2 aromatic carbocycles. The fourth-order valence-electron chi connectivity index (χ4n) is 2.80. The number of rotatable bonds is 5. The zero-order valence-electron chi connectivity index (χ0n) is 13.7. The van der Waals surface area contributed by atoms with Crippen LogP contribution in [0.1, 0.15) is 36.5 Å². The van der Waals surface area contributed by atoms with E-state index in [1.54, 1.807) is 6.07 Å². The molecule has 0 unspecified atom stereocenters. The van der Waals surface area contributed by atoms with Crippen LogP contribution in [0.25, 0.3) is 0 Å². The van der Waals surface area contributed by atoms with Gasteiger partial charge in [0.25, 0.3) is 5.91 Å². The Balaban J connectivity index is 1.70. The molecule has 2 aromatic rings. The van der Waals surface area contributed by atoms with Crippen LogP contribution in [0.2, 0.25) is 5.02 Å². The summed E-state index contributed by atoms with van der Waals surface area (Å²) >= 11 is 7.21. The summed E-state index contributed by atoms with van der Waals surface area (Å²) < 4.78 is 27.2. The summed E-state index contributed by atoms with van der Waals surface area (Å²) in [6, 6.07) is 8.27. The van der Waals surface area contributed by atoms with Crippen molar-refractivity contribution in [2.24, 2.45) is 5.92 Å². The molecule has 132 valence electrons. The van der Waals surface area contributed by atoms with Crippen molar-refractivity contribution in [1.29, 1.82) is 0 Å². The summed E-state index contributed by atoms with van der Waals surface area (Å²) in [5, 5.41) is 2.99. The third-order valence-electron chi connectivity index (χ3n) is 4.43. The summed E-state index contributed by atoms with van der Waals surface area (Å²) in [7, 11) is 0. The van der Waals surface area contributed by atoms with Crippen LogP contribution in [-0.4, -0.2) is 11.2 Å². The molecule has 0 saturated heterocycles. The van der Waals surface area contributed by atoms with E-state index in [2.05, 4.69) is 12.2 Å². The highest BCUT2D eigenvalue weighted by molar-refractivity contribution is 8.00. The fraction of sp³-hybridized carbons (Fsp3) is 0.316. The van der Waals surface area contributed by atoms with Crippen LogP contribution in [0, 0.1) is 17.6 Å². The highest BCUT2D eigenvalue weighted by Crippen LogP contribution is 2.42. The summed E-state index contributed by atoms with van der Waals surface area (Å²) in [6.45, 7) is 2.17. The van der Waals surface area contributed by atoms with Crippen LogP contribution in [0.15, 0.2) is 41.3 Å². The molecule has 0 aromatic heterocycles. The second kappa shape index (κ2) is 7.75. The summed E-state index contributed by atoms with van der Waals surface area (Å²) in [6.07, 6.45) is 3.33. The van der Waals surface area contributed by atoms with Crippen molar-refractivity contribution in [2.45, 2.75) is 36.3 Å². The molecule has 2 nitrogen and oxygen atoms in total. The predicted molar refractivity (Wildman–Crippen MR) is 98.4 cm³/mol. The van der Waals surface area contributed by atoms with E-state index in [-0.39, 0.29) is 16.7 Å². The van der Waals surface area contributed by atoms with Gasteiger partial charge in [0.15, 0.2) is 0 Å². The molecule has 0 aliphatic heterocycles. The highest BCUT2D eigenvalue weighted by Gasteiger charge is 2.29. The Morgan fingerprint density at radius 2 is 1.92 bits per heavy atom. The van der Waals surface area contributed by atoms with Gasteiger partial charge >= 0.3 is 0 Å². The van der Waals surface area contributed by atoms with E-state index >= 15 is 0 Å². The molecule has 1 aliphatic carbocycles. The normalized spacial score (nSPS) is 19.4. The van der Waals surface area contributed by atoms with Gasteiger partial charge in [0.05, 0.1) is 5.02 Å². The minimum Gasteiger partial charge on any atom is -0.322 e. The van der Waals surface area contributed by atoms with Crippen LogP contribution in [-0.2, 0) is 0 Å². The molecule has 1 aliphatic rings. The van der Waals surface area contributed by atoms with E-state index in [4.69, 9.17) is 11.6 Å². The van der Waals surface area contributed by atoms with E-state index in [9.17, 15) is 13.6 Å². The number of thioether (sulfide) groups is 1. The second-order valence-corrected chi connectivity index (χ2v) is 7.96. The predicted octanol–water partition coefficient (Wildman–Crippen LogP) is 6.15. The molecular weight excluding hydrogens is 364 g/mol. The van der Waals surface area contributed by atoms with Crippen LogP contribution in [0.5, 0.6) is 0 Å². The Morgan fingerprint density at radius 1 is 1.20 bits per heavy atom. The van der Waals surface area contributed by atoms with Crippen LogP contribution in [0.3, 0.4) is 0 Å². The Labute approximate surface area is 155 Å². The summed E-state index contributed by atoms with van der Waals surface area (Å²) in [5.74, 6) is -0.517. The van der Waals surface area contributed by atoms with Crippen molar-refractivity contribution in [3.8, 4) is 0 Å². The quantitative estimate of drug-likeness (QED) is 0.672. The average molecular weight is 382 g/mol. The molecule has 0 atom stereocenters. The first-order chi connectivity index (χ1) is 12.0. The number of amides is 1. The molecule has 0 heterocycles. The fourth-order valence-corrected chi connectivity index (χ4v) is 4.45. The number of carbonyl (C=O) groups is 1. The minimum atomic E-state index is -0.550. The molecule has 0 radical (unpaired) electrons. The molecule has 1 saturated carbocycles. The zero-order chi connectivity index (χ0) is 18.0. The van der Waals surface area contributed by atoms with E-state index < -0.39 is 5.82 Å². The van der Waals surface area contributed by atoms with Gasteiger partial charge in [0.1, 0.15) is 11.6 Å². The number of nitrogens with one attached hydrogen (secondary N) is 1. The molecule has 1 N–H and O–H groups in total. The Kier molecular flexibility index (Phi) is 5.64. The Hall–Kier alpha value is -1.59. The third-order valence-corrected chi connectivity index (χ3v) is 6.01. The topological polar surface area (TPSA) is 29.1 Å². The maximum absolute atomic E-state index is 14.0. The highest BCUT2D eigenvalue weighted by atomic mass is 35.5. The molecule has 0 spiro atoms. The molecule has 0 bridgehead atoms. The number of anilines is 1. The van der Waals surface area contributed by atoms with Gasteiger partial charge in [-0.3, -0.25) is 4.79 Å². The monoisotopic (exact) mass is 381 g/mol. The Morgan fingerprint density at radius 3 is 2.60 bits per heavy atom. The average Bonchev–Trinajstić information content (AvgIpc) is 2.55. The van der Waals surface area contributed by atoms with Crippen molar-refractivity contribution in [2.75, 3.05) is 5.32 Å². The maximum Gasteiger partial charge on any atom is 0.255 e. The first-order valence-corrected chi connectivity index (χ1v) is 9.44. The van der Waals surface area contributed by atoms with E-state index in [1.165, 1.54) is 42.1 Å². The first-order valence-electron chi connectivity index (χ1n) is 8.19. The van der Waals surface area contributed by atoms with Gasteiger partial charge in [-0.25, -0.2) is 8.78 Å². The zero-order valence-corrected chi connectivity index (χ0v) is 15.3. The molecule has 25 heavy (non-hydrogen) atoms. The Bertz CT molecular complexity index is 793. The van der Waals surface area contributed by atoms with Crippen molar-refractivity contribution in [3.63, 3.8) is 0 Å². The van der Waals surface area contributed by atoms with Gasteiger partial charge in [-0.05, 0) is 55.2 Å². The van der Waals surface area contributed by atoms with Gasteiger partial charge in [-0.2, -0.15) is 0 Å². The second-order valence-electron chi connectivity index (χ2n) is 6.21. The van der Waals surface area contributed by atoms with E-state index in [0.717, 1.165) is 25.2 Å². The number of halogens is 3. The lowest BCUT2D eigenvalue weighted by Gasteiger charge is -2.34. The van der Waals surface area contributed by atoms with Crippen LogP contribution in [0.4, 0.5) is 14.5 Å². The third kappa shape index (κ3) is 4.33. The van der Waals surface area contributed by atoms with Gasteiger partial charge in [-0.15, -0.1) is 11.8 Å². The van der Waals surface area contributed by atoms with Gasteiger partial charge in [-0.1, -0.05) is 24.9 Å². The van der Waals surface area contributed by atoms with Gasteiger partial charge < -0.3 is 5.32 Å². The molecule has 3 rings (SSSR count). The molecule has 6 heteroatoms. The van der Waals surface area contributed by atoms with Crippen molar-refractivity contribution < 1.29 is 13.6 Å². The summed E-state index contributed by atoms with van der Waals surface area (Å²) in [4.78, 5) is 12.9. The van der Waals surface area contributed by atoms with Gasteiger partial charge in [0, 0.05) is 21.4 Å². The molecule has 1 fully saturated rings. The lowest BCUT2D eigenvalue weighted by molar-refractivity contribution is 0.102. The first kappa shape index (κ1) is 18.2. The van der Waals surface area contributed by atoms with Crippen molar-refractivity contribution in [1.82, 2.24) is 0 Å². The standard InChI is InChI=1S/C19H18ClF2NOS/c1-2-11-7-14(8-11)25-18-9-12(3-5-17(18)22)19(24)23-13-4-6-16(21)15(20)10-13/h3-6,9-11,14H,2,7-8H2,1H3,(H,23,24). The van der Waals surface area contributed by atoms with Crippen LogP contribution < -0.4 is 5.32 Å². The molecule has 1 amide bonds. The molecular formula is C19H18ClF2NOS. The minimum absolute atomic E-state index is 0.0661. The largest absolute Gasteiger partial charge is 0.322 e.